The highest BCUT2D eigenvalue weighted by molar-refractivity contribution is 5.97. The topological polar surface area (TPSA) is 86.4 Å². The second-order valence-corrected chi connectivity index (χ2v) is 6.35. The summed E-state index contributed by atoms with van der Waals surface area (Å²) in [6, 6.07) is 8.91. The van der Waals surface area contributed by atoms with Crippen molar-refractivity contribution in [3.05, 3.63) is 59.4 Å². The summed E-state index contributed by atoms with van der Waals surface area (Å²) >= 11 is 0. The van der Waals surface area contributed by atoms with Gasteiger partial charge in [-0.3, -0.25) is 9.48 Å². The highest BCUT2D eigenvalue weighted by Crippen LogP contribution is 2.25. The van der Waals surface area contributed by atoms with E-state index in [9.17, 15) is 14.0 Å². The molecule has 0 radical (unpaired) electrons. The lowest BCUT2D eigenvalue weighted by Crippen LogP contribution is -2.30. The van der Waals surface area contributed by atoms with E-state index >= 15 is 0 Å². The monoisotopic (exact) mass is 385 g/mol. The van der Waals surface area contributed by atoms with Crippen molar-refractivity contribution in [2.75, 3.05) is 5.32 Å². The fourth-order valence-corrected chi connectivity index (χ4v) is 2.70. The third-order valence-electron chi connectivity index (χ3n) is 4.36. The maximum atomic E-state index is 13.8. The first-order chi connectivity index (χ1) is 13.3. The van der Waals surface area contributed by atoms with Gasteiger partial charge in [0.25, 0.3) is 5.91 Å². The molecule has 0 saturated heterocycles. The number of nitrogens with one attached hydrogen (secondary N) is 1. The van der Waals surface area contributed by atoms with Gasteiger partial charge in [0.05, 0.1) is 22.6 Å². The number of carbonyl (C=O) groups is 2. The SMILES string of the molecule is Cc1nn(C)c(C)c1NC(=O)[C@@H](C)OC(=O)c1ccc(-c2ccccc2F)o1. The molecule has 0 bridgehead atoms. The highest BCUT2D eigenvalue weighted by atomic mass is 19.1. The number of halogens is 1. The Kier molecular flexibility index (Phi) is 5.30. The zero-order valence-corrected chi connectivity index (χ0v) is 15.9. The molecule has 0 aliphatic rings. The van der Waals surface area contributed by atoms with Gasteiger partial charge in [-0.05, 0) is 45.0 Å². The average Bonchev–Trinajstić information content (AvgIpc) is 3.23. The van der Waals surface area contributed by atoms with Crippen LogP contribution < -0.4 is 5.32 Å². The van der Waals surface area contributed by atoms with E-state index in [1.54, 1.807) is 30.8 Å². The van der Waals surface area contributed by atoms with Crippen LogP contribution in [0.5, 0.6) is 0 Å². The molecular formula is C20H20FN3O4. The molecular weight excluding hydrogens is 365 g/mol. The number of carbonyl (C=O) groups excluding carboxylic acids is 2. The highest BCUT2D eigenvalue weighted by Gasteiger charge is 2.23. The van der Waals surface area contributed by atoms with Gasteiger partial charge in [0.1, 0.15) is 11.6 Å². The number of furan rings is 1. The van der Waals surface area contributed by atoms with Crippen LogP contribution in [0, 0.1) is 19.7 Å². The molecule has 146 valence electrons. The zero-order valence-electron chi connectivity index (χ0n) is 15.9. The van der Waals surface area contributed by atoms with Crippen molar-refractivity contribution >= 4 is 17.6 Å². The number of hydrogen-bond acceptors (Lipinski definition) is 5. The van der Waals surface area contributed by atoms with Crippen LogP contribution in [0.15, 0.2) is 40.8 Å². The molecule has 8 heteroatoms. The van der Waals surface area contributed by atoms with Crippen LogP contribution in [0.25, 0.3) is 11.3 Å². The number of benzene rings is 1. The standard InChI is InChI=1S/C20H20FN3O4/c1-11-18(12(2)24(4)23-11)22-19(25)13(3)27-20(26)17-10-9-16(28-17)14-7-5-6-8-15(14)21/h5-10,13H,1-4H3,(H,22,25)/t13-/m1/s1. The first kappa shape index (κ1) is 19.3. The van der Waals surface area contributed by atoms with Gasteiger partial charge in [0.2, 0.25) is 5.76 Å². The van der Waals surface area contributed by atoms with E-state index in [1.165, 1.54) is 31.2 Å². The van der Waals surface area contributed by atoms with Gasteiger partial charge in [0.15, 0.2) is 6.10 Å². The number of nitrogens with zero attached hydrogens (tertiary/aromatic N) is 2. The molecule has 1 aromatic carbocycles. The summed E-state index contributed by atoms with van der Waals surface area (Å²) in [5, 5.41) is 6.93. The first-order valence-corrected chi connectivity index (χ1v) is 8.64. The molecule has 1 N–H and O–H groups in total. The van der Waals surface area contributed by atoms with Gasteiger partial charge in [-0.25, -0.2) is 9.18 Å². The molecule has 0 fully saturated rings. The van der Waals surface area contributed by atoms with Crippen LogP contribution in [0.3, 0.4) is 0 Å². The summed E-state index contributed by atoms with van der Waals surface area (Å²) in [4.78, 5) is 24.6. The van der Waals surface area contributed by atoms with E-state index in [0.717, 1.165) is 5.69 Å². The zero-order chi connectivity index (χ0) is 20.4. The van der Waals surface area contributed by atoms with Crippen LogP contribution >= 0.6 is 0 Å². The van der Waals surface area contributed by atoms with E-state index in [1.807, 2.05) is 6.92 Å². The Hall–Kier alpha value is -3.42. The smallest absolute Gasteiger partial charge is 0.375 e. The number of esters is 1. The molecule has 0 unspecified atom stereocenters. The average molecular weight is 385 g/mol. The van der Waals surface area contributed by atoms with E-state index in [4.69, 9.17) is 9.15 Å². The van der Waals surface area contributed by atoms with E-state index < -0.39 is 23.8 Å². The Labute approximate surface area is 161 Å². The van der Waals surface area contributed by atoms with Gasteiger partial charge >= 0.3 is 5.97 Å². The molecule has 7 nitrogen and oxygen atoms in total. The quantitative estimate of drug-likeness (QED) is 0.678. The normalized spacial score (nSPS) is 11.9. The maximum absolute atomic E-state index is 13.8. The minimum absolute atomic E-state index is 0.119. The number of hydrogen-bond donors (Lipinski definition) is 1. The molecule has 0 saturated carbocycles. The number of aromatic nitrogens is 2. The maximum Gasteiger partial charge on any atom is 0.375 e. The Morgan fingerprint density at radius 3 is 2.57 bits per heavy atom. The lowest BCUT2D eigenvalue weighted by molar-refractivity contribution is -0.123. The molecule has 2 heterocycles. The van der Waals surface area contributed by atoms with Crippen LogP contribution in [-0.4, -0.2) is 27.8 Å². The van der Waals surface area contributed by atoms with Crippen molar-refractivity contribution in [1.29, 1.82) is 0 Å². The molecule has 28 heavy (non-hydrogen) atoms. The van der Waals surface area contributed by atoms with Crippen LogP contribution in [0.1, 0.15) is 28.9 Å². The number of aryl methyl sites for hydroxylation is 2. The largest absolute Gasteiger partial charge is 0.449 e. The summed E-state index contributed by atoms with van der Waals surface area (Å²) in [6.45, 7) is 5.04. The van der Waals surface area contributed by atoms with Gasteiger partial charge < -0.3 is 14.5 Å². The van der Waals surface area contributed by atoms with Gasteiger partial charge in [0, 0.05) is 7.05 Å². The van der Waals surface area contributed by atoms with Crippen molar-refractivity contribution in [1.82, 2.24) is 9.78 Å². The summed E-state index contributed by atoms with van der Waals surface area (Å²) in [5.41, 5.74) is 2.25. The summed E-state index contributed by atoms with van der Waals surface area (Å²) in [6.07, 6.45) is -1.06. The fourth-order valence-electron chi connectivity index (χ4n) is 2.70. The summed E-state index contributed by atoms with van der Waals surface area (Å²) in [5.74, 6) is -1.69. The lowest BCUT2D eigenvalue weighted by Gasteiger charge is -2.13. The van der Waals surface area contributed by atoms with E-state index in [-0.39, 0.29) is 17.1 Å². The Balaban J connectivity index is 1.67. The molecule has 0 aliphatic heterocycles. The third-order valence-corrected chi connectivity index (χ3v) is 4.36. The number of ether oxygens (including phenoxy) is 1. The van der Waals surface area contributed by atoms with Crippen LogP contribution in [-0.2, 0) is 16.6 Å². The van der Waals surface area contributed by atoms with Crippen molar-refractivity contribution < 1.29 is 23.1 Å². The van der Waals surface area contributed by atoms with Crippen molar-refractivity contribution in [3.8, 4) is 11.3 Å². The second-order valence-electron chi connectivity index (χ2n) is 6.35. The Morgan fingerprint density at radius 1 is 1.21 bits per heavy atom. The molecule has 1 amide bonds. The third kappa shape index (κ3) is 3.80. The first-order valence-electron chi connectivity index (χ1n) is 8.64. The van der Waals surface area contributed by atoms with Crippen molar-refractivity contribution in [2.24, 2.45) is 7.05 Å². The Morgan fingerprint density at radius 2 is 1.93 bits per heavy atom. The van der Waals surface area contributed by atoms with E-state index in [0.29, 0.717) is 11.4 Å². The molecule has 0 spiro atoms. The van der Waals surface area contributed by atoms with Crippen LogP contribution in [0.4, 0.5) is 10.1 Å². The van der Waals surface area contributed by atoms with Gasteiger partial charge in [-0.2, -0.15) is 5.10 Å². The van der Waals surface area contributed by atoms with Crippen molar-refractivity contribution in [3.63, 3.8) is 0 Å². The minimum atomic E-state index is -1.06. The number of rotatable bonds is 5. The van der Waals surface area contributed by atoms with Crippen molar-refractivity contribution in [2.45, 2.75) is 26.9 Å². The predicted octanol–water partition coefficient (Wildman–Crippen LogP) is 3.62. The van der Waals surface area contributed by atoms with Gasteiger partial charge in [-0.1, -0.05) is 12.1 Å². The second kappa shape index (κ2) is 7.67. The fraction of sp³-hybridized carbons (Fsp3) is 0.250. The Bertz CT molecular complexity index is 1040. The number of amides is 1. The molecule has 0 aliphatic carbocycles. The summed E-state index contributed by atoms with van der Waals surface area (Å²) < 4.78 is 26.1. The van der Waals surface area contributed by atoms with Crippen LogP contribution in [0.2, 0.25) is 0 Å². The molecule has 3 aromatic rings. The molecule has 1 atom stereocenters. The lowest BCUT2D eigenvalue weighted by atomic mass is 10.1. The number of anilines is 1. The minimum Gasteiger partial charge on any atom is -0.449 e. The molecule has 2 aromatic heterocycles. The summed E-state index contributed by atoms with van der Waals surface area (Å²) in [7, 11) is 1.77. The molecule has 3 rings (SSSR count). The predicted molar refractivity (Wildman–Crippen MR) is 100 cm³/mol. The van der Waals surface area contributed by atoms with Gasteiger partial charge in [-0.15, -0.1) is 0 Å². The van der Waals surface area contributed by atoms with E-state index in [2.05, 4.69) is 10.4 Å².